The van der Waals surface area contributed by atoms with Crippen LogP contribution in [0.1, 0.15) is 43.5 Å². The second kappa shape index (κ2) is 10.4. The molecule has 0 saturated carbocycles. The second-order valence-corrected chi connectivity index (χ2v) is 6.61. The lowest BCUT2D eigenvalue weighted by Crippen LogP contribution is -2.41. The molecule has 140 valence electrons. The molecule has 0 spiro atoms. The molecule has 1 aliphatic rings. The summed E-state index contributed by atoms with van der Waals surface area (Å²) in [6, 6.07) is 6.85. The molecule has 1 heterocycles. The maximum Gasteiger partial charge on any atom is 0.253 e. The molecule has 2 rings (SSSR count). The van der Waals surface area contributed by atoms with Gasteiger partial charge >= 0.3 is 0 Å². The fourth-order valence-electron chi connectivity index (χ4n) is 2.80. The third kappa shape index (κ3) is 6.65. The number of anilines is 1. The zero-order valence-corrected chi connectivity index (χ0v) is 15.6. The minimum atomic E-state index is -0.393. The Hall–Kier alpha value is -1.63. The average molecular weight is 370 g/mol. The number of nitrogens with two attached hydrogens (primary N) is 1. The summed E-state index contributed by atoms with van der Waals surface area (Å²) in [5.41, 5.74) is 6.82. The first-order valence-electron chi connectivity index (χ1n) is 8.53. The van der Waals surface area contributed by atoms with Gasteiger partial charge < -0.3 is 21.1 Å². The summed E-state index contributed by atoms with van der Waals surface area (Å²) in [6.45, 7) is 5.21. The number of carbonyl (C=O) groups is 2. The number of carbonyl (C=O) groups excluding carboxylic acids is 2. The van der Waals surface area contributed by atoms with Gasteiger partial charge in [-0.3, -0.25) is 9.59 Å². The van der Waals surface area contributed by atoms with Crippen LogP contribution in [-0.4, -0.2) is 37.1 Å². The molecule has 7 heteroatoms. The highest BCUT2D eigenvalue weighted by molar-refractivity contribution is 5.98. The lowest BCUT2D eigenvalue weighted by Gasteiger charge is -2.19. The average Bonchev–Trinajstić information content (AvgIpc) is 3.08. The third-order valence-corrected chi connectivity index (χ3v) is 3.99. The topological polar surface area (TPSA) is 93.5 Å². The number of halogens is 1. The molecule has 2 atom stereocenters. The van der Waals surface area contributed by atoms with Crippen LogP contribution in [0, 0.1) is 5.92 Å². The molecular formula is C18H28ClN3O3. The van der Waals surface area contributed by atoms with Crippen LogP contribution in [0.25, 0.3) is 0 Å². The summed E-state index contributed by atoms with van der Waals surface area (Å²) in [6.07, 6.45) is 2.07. The highest BCUT2D eigenvalue weighted by Crippen LogP contribution is 2.16. The number of amides is 2. The van der Waals surface area contributed by atoms with Crippen LogP contribution >= 0.6 is 12.4 Å². The highest BCUT2D eigenvalue weighted by atomic mass is 35.5. The number of benzene rings is 1. The fraction of sp³-hybridized carbons (Fsp3) is 0.556. The number of hydrogen-bond acceptors (Lipinski definition) is 4. The van der Waals surface area contributed by atoms with Crippen LogP contribution < -0.4 is 16.4 Å². The standard InChI is InChI=1S/C18H27N3O3.ClH/c1-12(2)9-15(11-19)21-17(22)13-5-3-6-14(10-13)20-18(23)16-7-4-8-24-16;/h3,5-6,10,12,15-16H,4,7-9,11,19H2,1-2H3,(H,20,23)(H,21,22);1H. The van der Waals surface area contributed by atoms with E-state index in [0.29, 0.717) is 30.3 Å². The molecule has 1 aromatic carbocycles. The van der Waals surface area contributed by atoms with Gasteiger partial charge in [0, 0.05) is 30.4 Å². The van der Waals surface area contributed by atoms with E-state index in [-0.39, 0.29) is 30.3 Å². The van der Waals surface area contributed by atoms with Crippen molar-refractivity contribution in [1.29, 1.82) is 0 Å². The molecule has 0 bridgehead atoms. The third-order valence-electron chi connectivity index (χ3n) is 3.99. The van der Waals surface area contributed by atoms with Crippen molar-refractivity contribution in [2.75, 3.05) is 18.5 Å². The molecule has 4 N–H and O–H groups in total. The Bertz CT molecular complexity index is 574. The van der Waals surface area contributed by atoms with E-state index < -0.39 is 6.10 Å². The van der Waals surface area contributed by atoms with Crippen molar-refractivity contribution in [3.05, 3.63) is 29.8 Å². The van der Waals surface area contributed by atoms with Gasteiger partial charge in [0.05, 0.1) is 0 Å². The van der Waals surface area contributed by atoms with Gasteiger partial charge in [-0.1, -0.05) is 19.9 Å². The minimum Gasteiger partial charge on any atom is -0.368 e. The second-order valence-electron chi connectivity index (χ2n) is 6.61. The van der Waals surface area contributed by atoms with Gasteiger partial charge in [0.15, 0.2) is 0 Å². The normalized spacial score (nSPS) is 17.7. The van der Waals surface area contributed by atoms with E-state index in [4.69, 9.17) is 10.5 Å². The van der Waals surface area contributed by atoms with Gasteiger partial charge in [-0.25, -0.2) is 0 Å². The smallest absolute Gasteiger partial charge is 0.253 e. The van der Waals surface area contributed by atoms with Crippen molar-refractivity contribution in [3.8, 4) is 0 Å². The monoisotopic (exact) mass is 369 g/mol. The Balaban J connectivity index is 0.00000312. The number of nitrogens with one attached hydrogen (secondary N) is 2. The van der Waals surface area contributed by atoms with Crippen LogP contribution in [0.2, 0.25) is 0 Å². The van der Waals surface area contributed by atoms with E-state index in [1.165, 1.54) is 0 Å². The van der Waals surface area contributed by atoms with E-state index in [2.05, 4.69) is 24.5 Å². The van der Waals surface area contributed by atoms with Crippen molar-refractivity contribution in [2.24, 2.45) is 11.7 Å². The van der Waals surface area contributed by atoms with E-state index in [9.17, 15) is 9.59 Å². The van der Waals surface area contributed by atoms with E-state index in [1.807, 2.05) is 0 Å². The van der Waals surface area contributed by atoms with Crippen LogP contribution in [0.15, 0.2) is 24.3 Å². The number of hydrogen-bond donors (Lipinski definition) is 3. The molecule has 1 aliphatic heterocycles. The first kappa shape index (κ1) is 21.4. The Morgan fingerprint density at radius 2 is 2.12 bits per heavy atom. The highest BCUT2D eigenvalue weighted by Gasteiger charge is 2.23. The lowest BCUT2D eigenvalue weighted by atomic mass is 10.0. The molecular weight excluding hydrogens is 342 g/mol. The quantitative estimate of drug-likeness (QED) is 0.687. The molecule has 0 aromatic heterocycles. The van der Waals surface area contributed by atoms with Crippen molar-refractivity contribution >= 4 is 29.9 Å². The van der Waals surface area contributed by atoms with Crippen molar-refractivity contribution in [2.45, 2.75) is 45.3 Å². The molecule has 1 saturated heterocycles. The van der Waals surface area contributed by atoms with Gasteiger partial charge in [0.1, 0.15) is 6.10 Å². The lowest BCUT2D eigenvalue weighted by molar-refractivity contribution is -0.124. The first-order chi connectivity index (χ1) is 11.5. The summed E-state index contributed by atoms with van der Waals surface area (Å²) in [4.78, 5) is 24.5. The summed E-state index contributed by atoms with van der Waals surface area (Å²) in [5, 5.41) is 5.76. The summed E-state index contributed by atoms with van der Waals surface area (Å²) < 4.78 is 5.36. The van der Waals surface area contributed by atoms with Crippen molar-refractivity contribution in [1.82, 2.24) is 5.32 Å². The molecule has 1 fully saturated rings. The predicted octanol–water partition coefficient (Wildman–Crippen LogP) is 2.33. The minimum absolute atomic E-state index is 0. The van der Waals surface area contributed by atoms with Gasteiger partial charge in [-0.05, 0) is 43.4 Å². The maximum atomic E-state index is 12.4. The van der Waals surface area contributed by atoms with Crippen LogP contribution in [0.4, 0.5) is 5.69 Å². The van der Waals surface area contributed by atoms with Crippen molar-refractivity contribution < 1.29 is 14.3 Å². The first-order valence-corrected chi connectivity index (χ1v) is 8.53. The number of ether oxygens (including phenoxy) is 1. The van der Waals surface area contributed by atoms with Gasteiger partial charge in [-0.15, -0.1) is 12.4 Å². The summed E-state index contributed by atoms with van der Waals surface area (Å²) in [7, 11) is 0. The van der Waals surface area contributed by atoms with Gasteiger partial charge in [-0.2, -0.15) is 0 Å². The van der Waals surface area contributed by atoms with Crippen LogP contribution in [-0.2, 0) is 9.53 Å². The van der Waals surface area contributed by atoms with Crippen molar-refractivity contribution in [3.63, 3.8) is 0 Å². The molecule has 0 radical (unpaired) electrons. The molecule has 6 nitrogen and oxygen atoms in total. The molecule has 0 aliphatic carbocycles. The maximum absolute atomic E-state index is 12.4. The molecule has 1 aromatic rings. The number of rotatable bonds is 7. The summed E-state index contributed by atoms with van der Waals surface area (Å²) >= 11 is 0. The Kier molecular flexibility index (Phi) is 8.89. The zero-order valence-electron chi connectivity index (χ0n) is 14.8. The molecule has 25 heavy (non-hydrogen) atoms. The van der Waals surface area contributed by atoms with E-state index in [1.54, 1.807) is 24.3 Å². The Morgan fingerprint density at radius 1 is 1.36 bits per heavy atom. The van der Waals surface area contributed by atoms with Gasteiger partial charge in [0.2, 0.25) is 0 Å². The largest absolute Gasteiger partial charge is 0.368 e. The van der Waals surface area contributed by atoms with E-state index in [0.717, 1.165) is 19.3 Å². The Morgan fingerprint density at radius 3 is 2.72 bits per heavy atom. The van der Waals surface area contributed by atoms with E-state index >= 15 is 0 Å². The SMILES string of the molecule is CC(C)CC(CN)NC(=O)c1cccc(NC(=O)C2CCCO2)c1.Cl. The van der Waals surface area contributed by atoms with Crippen LogP contribution in [0.3, 0.4) is 0 Å². The predicted molar refractivity (Wildman–Crippen MR) is 101 cm³/mol. The molecule has 2 unspecified atom stereocenters. The molecule has 2 amide bonds. The summed E-state index contributed by atoms with van der Waals surface area (Å²) in [5.74, 6) is 0.111. The van der Waals surface area contributed by atoms with Crippen LogP contribution in [0.5, 0.6) is 0 Å². The Labute approximate surface area is 155 Å². The van der Waals surface area contributed by atoms with Gasteiger partial charge in [0.25, 0.3) is 11.8 Å². The fourth-order valence-corrected chi connectivity index (χ4v) is 2.80. The zero-order chi connectivity index (χ0) is 17.5.